The van der Waals surface area contributed by atoms with Crippen molar-refractivity contribution in [3.05, 3.63) is 0 Å². The van der Waals surface area contributed by atoms with Crippen LogP contribution in [0.2, 0.25) is 0 Å². The third kappa shape index (κ3) is 21.4. The normalized spacial score (nSPS) is 16.5. The van der Waals surface area contributed by atoms with Crippen LogP contribution >= 0.6 is 0 Å². The molecule has 1 aliphatic heterocycles. The van der Waals surface area contributed by atoms with Gasteiger partial charge in [0.2, 0.25) is 53.2 Å². The molecule has 0 aromatic rings. The summed E-state index contributed by atoms with van der Waals surface area (Å²) in [5.41, 5.74) is 33.0. The molecule has 0 unspecified atom stereocenters. The molecule has 0 spiro atoms. The van der Waals surface area contributed by atoms with Gasteiger partial charge in [-0.2, -0.15) is 0 Å². The Balaban J connectivity index is 3.38. The van der Waals surface area contributed by atoms with E-state index in [1.807, 2.05) is 0 Å². The number of rotatable bonds is 31. The number of nitrogens with one attached hydrogen (secondary N) is 6. The molecule has 0 radical (unpaired) electrons. The molecule has 0 aromatic heterocycles. The van der Waals surface area contributed by atoms with E-state index in [1.165, 1.54) is 11.8 Å². The average molecular weight is 941 g/mol. The van der Waals surface area contributed by atoms with Gasteiger partial charge < -0.3 is 81.4 Å². The van der Waals surface area contributed by atoms with E-state index in [4.69, 9.17) is 34.4 Å². The number of aliphatic imine (C=N–C) groups is 1. The van der Waals surface area contributed by atoms with Gasteiger partial charge in [-0.05, 0) is 70.8 Å². The smallest absolute Gasteiger partial charge is 0.326 e. The summed E-state index contributed by atoms with van der Waals surface area (Å²) in [7, 11) is 0. The number of nitrogens with zero attached hydrogens (tertiary/aromatic N) is 2. The molecule has 27 heteroatoms. The Morgan fingerprint density at radius 2 is 1.20 bits per heavy atom. The SMILES string of the molecule is CC(C)C[C@H](NC(=O)[C@H](CC(=O)O)NC(=O)[C@H](CCC(N)=O)NC(=O)[C@H](CC(N)=O)NC(=O)[C@H](CCCN=C(N)N)NC(=O)[C@@H]1CCCN1C(=O)[C@H](C)NC(=O)[C@@H](N)CCCCN)C(=O)O. The molecular formula is C39H68N14O13. The Hall–Kier alpha value is -6.64. The van der Waals surface area contributed by atoms with Crippen molar-refractivity contribution >= 4 is 71.1 Å². The Kier molecular flexibility index (Phi) is 25.2. The van der Waals surface area contributed by atoms with Gasteiger partial charge >= 0.3 is 11.9 Å². The van der Waals surface area contributed by atoms with Crippen molar-refractivity contribution < 1.29 is 63.0 Å². The standard InChI is InChI=1S/C39H68N14O13/c1-19(2)16-26(38(65)66)52-35(62)25(18-30(56)57)51-33(60)23(11-12-28(42)54)48-34(61)24(17-29(43)55)50-32(59)22(9-6-14-46-39(44)45)49-36(63)27-10-7-15-53(27)37(64)20(3)47-31(58)21(41)8-4-5-13-40/h19-27H,4-18,40-41H2,1-3H3,(H2,42,54)(H2,43,55)(H,47,58)(H,48,61)(H,49,63)(H,50,59)(H,51,60)(H,52,62)(H,56,57)(H,65,66)(H4,44,45,46)/t20-,21-,22-,23-,24-,25-,26-,27-/m0/s1. The van der Waals surface area contributed by atoms with Crippen LogP contribution in [-0.4, -0.2) is 154 Å². The Morgan fingerprint density at radius 3 is 1.71 bits per heavy atom. The van der Waals surface area contributed by atoms with Crippen molar-refractivity contribution in [1.29, 1.82) is 0 Å². The number of carbonyl (C=O) groups is 11. The Labute approximate surface area is 381 Å². The first kappa shape index (κ1) is 57.4. The number of aliphatic carboxylic acids is 2. The molecule has 9 amide bonds. The van der Waals surface area contributed by atoms with Crippen LogP contribution < -0.4 is 66.3 Å². The molecule has 0 saturated carbocycles. The van der Waals surface area contributed by atoms with Crippen LogP contribution in [0, 0.1) is 5.92 Å². The van der Waals surface area contributed by atoms with E-state index in [1.54, 1.807) is 13.8 Å². The molecule has 8 atom stereocenters. The molecule has 1 heterocycles. The minimum Gasteiger partial charge on any atom is -0.481 e. The van der Waals surface area contributed by atoms with E-state index < -0.39 is 139 Å². The Morgan fingerprint density at radius 1 is 0.652 bits per heavy atom. The second-order valence-electron chi connectivity index (χ2n) is 16.3. The van der Waals surface area contributed by atoms with Crippen molar-refractivity contribution in [2.24, 2.45) is 45.3 Å². The summed E-state index contributed by atoms with van der Waals surface area (Å²) in [5.74, 6) is -12.2. The highest BCUT2D eigenvalue weighted by Crippen LogP contribution is 2.19. The number of unbranched alkanes of at least 4 members (excludes halogenated alkanes) is 1. The largest absolute Gasteiger partial charge is 0.481 e. The van der Waals surface area contributed by atoms with Crippen molar-refractivity contribution in [3.63, 3.8) is 0 Å². The molecule has 1 rings (SSSR count). The predicted molar refractivity (Wildman–Crippen MR) is 234 cm³/mol. The lowest BCUT2D eigenvalue weighted by Gasteiger charge is -2.29. The second-order valence-corrected chi connectivity index (χ2v) is 16.3. The van der Waals surface area contributed by atoms with Crippen molar-refractivity contribution in [3.8, 4) is 0 Å². The van der Waals surface area contributed by atoms with Crippen LogP contribution in [0.3, 0.4) is 0 Å². The number of hydrogen-bond donors (Lipinski definition) is 14. The van der Waals surface area contributed by atoms with Gasteiger partial charge in [0.05, 0.1) is 18.9 Å². The van der Waals surface area contributed by atoms with Gasteiger partial charge in [0.1, 0.15) is 42.3 Å². The maximum Gasteiger partial charge on any atom is 0.326 e. The first-order valence-corrected chi connectivity index (χ1v) is 21.5. The number of carboxylic acid groups (broad SMARTS) is 2. The van der Waals surface area contributed by atoms with Gasteiger partial charge in [0, 0.05) is 19.5 Å². The van der Waals surface area contributed by atoms with E-state index in [0.29, 0.717) is 32.2 Å². The number of hydrogen-bond acceptors (Lipinski definition) is 14. The van der Waals surface area contributed by atoms with E-state index in [-0.39, 0.29) is 50.7 Å². The zero-order valence-electron chi connectivity index (χ0n) is 37.5. The first-order chi connectivity index (χ1) is 30.9. The number of likely N-dealkylation sites (tertiary alicyclic amines) is 1. The molecule has 20 N–H and O–H groups in total. The number of nitrogens with two attached hydrogens (primary N) is 6. The van der Waals surface area contributed by atoms with Gasteiger partial charge in [-0.1, -0.05) is 20.3 Å². The molecule has 1 fully saturated rings. The monoisotopic (exact) mass is 941 g/mol. The van der Waals surface area contributed by atoms with Crippen LogP contribution in [0.15, 0.2) is 4.99 Å². The van der Waals surface area contributed by atoms with Crippen LogP contribution in [-0.2, 0) is 52.7 Å². The number of amides is 9. The van der Waals surface area contributed by atoms with Gasteiger partial charge in [0.15, 0.2) is 5.96 Å². The number of carbonyl (C=O) groups excluding carboxylic acids is 9. The quantitative estimate of drug-likeness (QED) is 0.0175. The summed E-state index contributed by atoms with van der Waals surface area (Å²) in [6, 6.07) is -11.5. The third-order valence-corrected chi connectivity index (χ3v) is 10.1. The summed E-state index contributed by atoms with van der Waals surface area (Å²) < 4.78 is 0. The fraction of sp³-hybridized carbons (Fsp3) is 0.692. The predicted octanol–water partition coefficient (Wildman–Crippen LogP) is -5.84. The minimum atomic E-state index is -1.88. The molecule has 0 bridgehead atoms. The minimum absolute atomic E-state index is 0.0148. The highest BCUT2D eigenvalue weighted by Gasteiger charge is 2.39. The second kappa shape index (κ2) is 29.0. The summed E-state index contributed by atoms with van der Waals surface area (Å²) in [4.78, 5) is 147. The van der Waals surface area contributed by atoms with Gasteiger partial charge in [-0.25, -0.2) is 4.79 Å². The molecule has 0 aliphatic carbocycles. The van der Waals surface area contributed by atoms with Crippen LogP contribution in [0.5, 0.6) is 0 Å². The van der Waals surface area contributed by atoms with E-state index >= 15 is 0 Å². The third-order valence-electron chi connectivity index (χ3n) is 10.1. The van der Waals surface area contributed by atoms with Crippen molar-refractivity contribution in [1.82, 2.24) is 36.8 Å². The molecule has 27 nitrogen and oxygen atoms in total. The van der Waals surface area contributed by atoms with E-state index in [2.05, 4.69) is 36.9 Å². The van der Waals surface area contributed by atoms with Crippen LogP contribution in [0.1, 0.15) is 97.8 Å². The highest BCUT2D eigenvalue weighted by atomic mass is 16.4. The number of guanidine groups is 1. The first-order valence-electron chi connectivity index (χ1n) is 21.5. The summed E-state index contributed by atoms with van der Waals surface area (Å²) in [6.45, 7) is 5.33. The number of primary amides is 2. The molecule has 0 aromatic carbocycles. The van der Waals surface area contributed by atoms with Gasteiger partial charge in [-0.15, -0.1) is 0 Å². The summed E-state index contributed by atoms with van der Waals surface area (Å²) >= 11 is 0. The fourth-order valence-electron chi connectivity index (χ4n) is 6.75. The zero-order chi connectivity index (χ0) is 50.3. The van der Waals surface area contributed by atoms with Crippen LogP contribution in [0.4, 0.5) is 0 Å². The van der Waals surface area contributed by atoms with Crippen molar-refractivity contribution in [2.75, 3.05) is 19.6 Å². The molecule has 1 aliphatic rings. The average Bonchev–Trinajstić information content (AvgIpc) is 3.71. The maximum atomic E-state index is 13.9. The summed E-state index contributed by atoms with van der Waals surface area (Å²) in [6.07, 6.45) is -0.980. The molecular weight excluding hydrogens is 873 g/mol. The lowest BCUT2D eigenvalue weighted by atomic mass is 10.0. The van der Waals surface area contributed by atoms with Gasteiger partial charge in [-0.3, -0.25) is 52.9 Å². The molecule has 372 valence electrons. The topological polar surface area (TPSA) is 472 Å². The summed E-state index contributed by atoms with van der Waals surface area (Å²) in [5, 5.41) is 33.1. The number of carboxylic acids is 2. The van der Waals surface area contributed by atoms with E-state index in [9.17, 15) is 63.0 Å². The Bertz CT molecular complexity index is 1780. The highest BCUT2D eigenvalue weighted by molar-refractivity contribution is 5.99. The molecule has 1 saturated heterocycles. The zero-order valence-corrected chi connectivity index (χ0v) is 37.5. The lowest BCUT2D eigenvalue weighted by Crippen LogP contribution is -2.60. The van der Waals surface area contributed by atoms with E-state index in [0.717, 1.165) is 0 Å². The fourth-order valence-corrected chi connectivity index (χ4v) is 6.75. The van der Waals surface area contributed by atoms with Crippen molar-refractivity contribution in [2.45, 2.75) is 146 Å². The molecule has 66 heavy (non-hydrogen) atoms. The van der Waals surface area contributed by atoms with Crippen LogP contribution in [0.25, 0.3) is 0 Å². The van der Waals surface area contributed by atoms with Gasteiger partial charge in [0.25, 0.3) is 0 Å². The lowest BCUT2D eigenvalue weighted by molar-refractivity contribution is -0.144. The maximum absolute atomic E-state index is 13.9.